The second kappa shape index (κ2) is 9.17. The van der Waals surface area contributed by atoms with Crippen LogP contribution >= 0.6 is 0 Å². The van der Waals surface area contributed by atoms with Crippen LogP contribution in [-0.4, -0.2) is 48.5 Å². The predicted octanol–water partition coefficient (Wildman–Crippen LogP) is 3.01. The van der Waals surface area contributed by atoms with Gasteiger partial charge in [0.25, 0.3) is 5.56 Å². The maximum Gasteiger partial charge on any atom is 0.360 e. The SMILES string of the molecule is CCOC(=O)c1nn(-c2ccc(F)cc2)c(=O)cc1N1CCN(c2ccccc2F)CC1. The van der Waals surface area contributed by atoms with Gasteiger partial charge in [0.05, 0.1) is 23.7 Å². The number of hydrogen-bond donors (Lipinski definition) is 0. The molecule has 1 fully saturated rings. The fourth-order valence-electron chi connectivity index (χ4n) is 3.70. The Labute approximate surface area is 183 Å². The molecule has 0 saturated carbocycles. The van der Waals surface area contributed by atoms with Gasteiger partial charge < -0.3 is 14.5 Å². The number of anilines is 2. The maximum atomic E-state index is 14.1. The highest BCUT2D eigenvalue weighted by atomic mass is 19.1. The average Bonchev–Trinajstić information content (AvgIpc) is 2.80. The van der Waals surface area contributed by atoms with E-state index in [9.17, 15) is 18.4 Å². The van der Waals surface area contributed by atoms with Crippen molar-refractivity contribution in [2.24, 2.45) is 0 Å². The van der Waals surface area contributed by atoms with Crippen LogP contribution in [0.15, 0.2) is 59.4 Å². The summed E-state index contributed by atoms with van der Waals surface area (Å²) >= 11 is 0. The number of nitrogens with zero attached hydrogens (tertiary/aromatic N) is 4. The van der Waals surface area contributed by atoms with E-state index in [0.29, 0.717) is 43.2 Å². The van der Waals surface area contributed by atoms with Gasteiger partial charge in [-0.1, -0.05) is 12.1 Å². The molecule has 0 N–H and O–H groups in total. The molecule has 2 heterocycles. The summed E-state index contributed by atoms with van der Waals surface area (Å²) in [5.41, 5.74) is 0.742. The van der Waals surface area contributed by atoms with Gasteiger partial charge in [0.1, 0.15) is 11.6 Å². The molecule has 1 aliphatic heterocycles. The van der Waals surface area contributed by atoms with Crippen molar-refractivity contribution in [2.45, 2.75) is 6.92 Å². The fourth-order valence-corrected chi connectivity index (χ4v) is 3.70. The van der Waals surface area contributed by atoms with Crippen LogP contribution in [0.4, 0.5) is 20.2 Å². The number of ether oxygens (including phenoxy) is 1. The van der Waals surface area contributed by atoms with Crippen LogP contribution in [0.5, 0.6) is 0 Å². The Morgan fingerprint density at radius 1 is 0.969 bits per heavy atom. The van der Waals surface area contributed by atoms with E-state index in [2.05, 4.69) is 5.10 Å². The van der Waals surface area contributed by atoms with Gasteiger partial charge in [0.15, 0.2) is 5.69 Å². The Morgan fingerprint density at radius 2 is 1.59 bits per heavy atom. The number of carbonyl (C=O) groups is 1. The Balaban J connectivity index is 1.65. The molecular weight excluding hydrogens is 418 g/mol. The fraction of sp³-hybridized carbons (Fsp3) is 0.261. The standard InChI is InChI=1S/C23H22F2N4O3/c1-2-32-23(31)22-20(15-21(30)29(26-22)17-9-7-16(24)8-10-17)28-13-11-27(12-14-28)19-6-4-3-5-18(19)25/h3-10,15H,2,11-14H2,1H3. The van der Waals surface area contributed by atoms with Crippen LogP contribution in [0.2, 0.25) is 0 Å². The number of para-hydroxylation sites is 1. The largest absolute Gasteiger partial charge is 0.461 e. The minimum atomic E-state index is -0.658. The number of aromatic nitrogens is 2. The summed E-state index contributed by atoms with van der Waals surface area (Å²) < 4.78 is 33.6. The number of piperazine rings is 1. The number of halogens is 2. The molecule has 0 spiro atoms. The van der Waals surface area contributed by atoms with Crippen molar-refractivity contribution in [3.63, 3.8) is 0 Å². The third-order valence-electron chi connectivity index (χ3n) is 5.27. The zero-order valence-corrected chi connectivity index (χ0v) is 17.5. The van der Waals surface area contributed by atoms with Crippen LogP contribution in [0.1, 0.15) is 17.4 Å². The number of carbonyl (C=O) groups excluding carboxylic acids is 1. The molecular formula is C23H22F2N4O3. The van der Waals surface area contributed by atoms with E-state index in [1.807, 2.05) is 9.80 Å². The summed E-state index contributed by atoms with van der Waals surface area (Å²) in [6.45, 7) is 3.76. The molecule has 0 atom stereocenters. The Hall–Kier alpha value is -3.75. The molecule has 3 aromatic rings. The van der Waals surface area contributed by atoms with Gasteiger partial charge >= 0.3 is 5.97 Å². The highest BCUT2D eigenvalue weighted by molar-refractivity contribution is 5.93. The molecule has 1 aliphatic rings. The van der Waals surface area contributed by atoms with E-state index < -0.39 is 17.3 Å². The molecule has 0 unspecified atom stereocenters. The van der Waals surface area contributed by atoms with E-state index in [1.54, 1.807) is 25.1 Å². The predicted molar refractivity (Wildman–Crippen MR) is 117 cm³/mol. The second-order valence-electron chi connectivity index (χ2n) is 7.25. The molecule has 0 amide bonds. The molecule has 1 saturated heterocycles. The van der Waals surface area contributed by atoms with Crippen LogP contribution in [0.3, 0.4) is 0 Å². The van der Waals surface area contributed by atoms with Crippen molar-refractivity contribution >= 4 is 17.3 Å². The highest BCUT2D eigenvalue weighted by Gasteiger charge is 2.26. The van der Waals surface area contributed by atoms with Crippen molar-refractivity contribution in [2.75, 3.05) is 42.6 Å². The first kappa shape index (κ1) is 21.5. The number of esters is 1. The lowest BCUT2D eigenvalue weighted by molar-refractivity contribution is 0.0518. The second-order valence-corrected chi connectivity index (χ2v) is 7.25. The van der Waals surface area contributed by atoms with Gasteiger partial charge in [-0.25, -0.2) is 13.6 Å². The quantitative estimate of drug-likeness (QED) is 0.569. The first-order valence-corrected chi connectivity index (χ1v) is 10.3. The van der Waals surface area contributed by atoms with Crippen LogP contribution in [0, 0.1) is 11.6 Å². The zero-order valence-electron chi connectivity index (χ0n) is 17.5. The molecule has 1 aromatic heterocycles. The zero-order chi connectivity index (χ0) is 22.7. The van der Waals surface area contributed by atoms with Crippen molar-refractivity contribution in [1.29, 1.82) is 0 Å². The van der Waals surface area contributed by atoms with Crippen molar-refractivity contribution in [1.82, 2.24) is 9.78 Å². The smallest absolute Gasteiger partial charge is 0.360 e. The normalized spacial score (nSPS) is 13.8. The molecule has 0 bridgehead atoms. The van der Waals surface area contributed by atoms with Crippen molar-refractivity contribution < 1.29 is 18.3 Å². The summed E-state index contributed by atoms with van der Waals surface area (Å²) in [5.74, 6) is -1.40. The summed E-state index contributed by atoms with van der Waals surface area (Å²) in [6, 6.07) is 13.1. The minimum absolute atomic E-state index is 0.00452. The molecule has 0 radical (unpaired) electrons. The monoisotopic (exact) mass is 440 g/mol. The molecule has 2 aromatic carbocycles. The molecule has 166 valence electrons. The van der Waals surface area contributed by atoms with Gasteiger partial charge in [-0.05, 0) is 43.3 Å². The van der Waals surface area contributed by atoms with Crippen molar-refractivity contribution in [3.8, 4) is 5.69 Å². The van der Waals surface area contributed by atoms with Crippen LogP contribution in [0.25, 0.3) is 5.69 Å². The molecule has 0 aliphatic carbocycles. The van der Waals surface area contributed by atoms with Gasteiger partial charge in [-0.15, -0.1) is 0 Å². The van der Waals surface area contributed by atoms with Crippen LogP contribution in [-0.2, 0) is 4.74 Å². The Bertz CT molecular complexity index is 1170. The van der Waals surface area contributed by atoms with Gasteiger partial charge in [0, 0.05) is 32.2 Å². The van der Waals surface area contributed by atoms with E-state index >= 15 is 0 Å². The van der Waals surface area contributed by atoms with Gasteiger partial charge in [0.2, 0.25) is 0 Å². The highest BCUT2D eigenvalue weighted by Crippen LogP contribution is 2.24. The summed E-state index contributed by atoms with van der Waals surface area (Å²) in [4.78, 5) is 29.2. The third-order valence-corrected chi connectivity index (χ3v) is 5.27. The molecule has 4 rings (SSSR count). The van der Waals surface area contributed by atoms with Gasteiger partial charge in [-0.2, -0.15) is 9.78 Å². The summed E-state index contributed by atoms with van der Waals surface area (Å²) in [5, 5.41) is 4.25. The van der Waals surface area contributed by atoms with E-state index in [-0.39, 0.29) is 18.1 Å². The Morgan fingerprint density at radius 3 is 2.22 bits per heavy atom. The number of hydrogen-bond acceptors (Lipinski definition) is 6. The maximum absolute atomic E-state index is 14.1. The number of benzene rings is 2. The van der Waals surface area contributed by atoms with E-state index in [1.165, 1.54) is 36.4 Å². The third kappa shape index (κ3) is 4.32. The Kier molecular flexibility index (Phi) is 6.16. The summed E-state index contributed by atoms with van der Waals surface area (Å²) in [7, 11) is 0. The first-order chi connectivity index (χ1) is 15.5. The average molecular weight is 440 g/mol. The lowest BCUT2D eigenvalue weighted by Crippen LogP contribution is -2.48. The van der Waals surface area contributed by atoms with Gasteiger partial charge in [-0.3, -0.25) is 4.79 Å². The topological polar surface area (TPSA) is 67.7 Å². The molecule has 9 heteroatoms. The first-order valence-electron chi connectivity index (χ1n) is 10.3. The number of rotatable bonds is 5. The van der Waals surface area contributed by atoms with E-state index in [0.717, 1.165) is 4.68 Å². The molecule has 7 nitrogen and oxygen atoms in total. The lowest BCUT2D eigenvalue weighted by Gasteiger charge is -2.37. The molecule has 32 heavy (non-hydrogen) atoms. The summed E-state index contributed by atoms with van der Waals surface area (Å²) in [6.07, 6.45) is 0. The van der Waals surface area contributed by atoms with Crippen molar-refractivity contribution in [3.05, 3.63) is 82.3 Å². The van der Waals surface area contributed by atoms with E-state index in [4.69, 9.17) is 4.74 Å². The lowest BCUT2D eigenvalue weighted by atomic mass is 10.2. The van der Waals surface area contributed by atoms with Crippen LogP contribution < -0.4 is 15.4 Å². The minimum Gasteiger partial charge on any atom is -0.461 e.